The summed E-state index contributed by atoms with van der Waals surface area (Å²) in [5.74, 6) is 1.98. The maximum Gasteiger partial charge on any atom is 0.151 e. The molecule has 1 aromatic carbocycles. The van der Waals surface area contributed by atoms with Crippen molar-refractivity contribution in [1.29, 1.82) is 0 Å². The van der Waals surface area contributed by atoms with Crippen molar-refractivity contribution in [2.24, 2.45) is 7.05 Å². The van der Waals surface area contributed by atoms with Crippen LogP contribution in [0.25, 0.3) is 11.0 Å². The molecule has 110 valence electrons. The number of halogens is 2. The Morgan fingerprint density at radius 2 is 2.10 bits per heavy atom. The second kappa shape index (κ2) is 5.85. The second-order valence-electron chi connectivity index (χ2n) is 4.93. The fourth-order valence-corrected chi connectivity index (χ4v) is 2.70. The Kier molecular flexibility index (Phi) is 3.92. The topological polar surface area (TPSA) is 35.6 Å². The molecule has 0 aliphatic rings. The number of fused-ring (bicyclic) bond motifs is 1. The van der Waals surface area contributed by atoms with E-state index in [-0.39, 0.29) is 5.82 Å². The Morgan fingerprint density at radius 3 is 2.81 bits per heavy atom. The van der Waals surface area contributed by atoms with Crippen LogP contribution in [0.2, 0.25) is 0 Å². The molecule has 6 heteroatoms. The zero-order valence-corrected chi connectivity index (χ0v) is 12.5. The Balaban J connectivity index is 1.97. The van der Waals surface area contributed by atoms with E-state index in [0.29, 0.717) is 24.4 Å². The first-order valence-corrected chi connectivity index (χ1v) is 7.40. The number of hydrogen-bond acceptors (Lipinski definition) is 2. The number of imidazole rings is 2. The highest BCUT2D eigenvalue weighted by Gasteiger charge is 2.13. The maximum absolute atomic E-state index is 13.9. The lowest BCUT2D eigenvalue weighted by molar-refractivity contribution is 0.637. The van der Waals surface area contributed by atoms with Crippen LogP contribution in [0.1, 0.15) is 11.6 Å². The number of aryl methyl sites for hydroxylation is 4. The Morgan fingerprint density at radius 1 is 1.24 bits per heavy atom. The van der Waals surface area contributed by atoms with Crippen molar-refractivity contribution in [3.05, 3.63) is 48.1 Å². The highest BCUT2D eigenvalue weighted by Crippen LogP contribution is 2.20. The van der Waals surface area contributed by atoms with Gasteiger partial charge in [-0.15, -0.1) is 11.6 Å². The molecule has 0 aliphatic heterocycles. The van der Waals surface area contributed by atoms with Crippen LogP contribution < -0.4 is 0 Å². The lowest BCUT2D eigenvalue weighted by Crippen LogP contribution is -2.09. The summed E-state index contributed by atoms with van der Waals surface area (Å²) in [4.78, 5) is 8.72. The molecule has 4 nitrogen and oxygen atoms in total. The monoisotopic (exact) mass is 306 g/mol. The van der Waals surface area contributed by atoms with E-state index in [1.54, 1.807) is 12.3 Å². The van der Waals surface area contributed by atoms with Gasteiger partial charge in [0.1, 0.15) is 17.2 Å². The van der Waals surface area contributed by atoms with Crippen molar-refractivity contribution in [3.8, 4) is 0 Å². The van der Waals surface area contributed by atoms with Crippen molar-refractivity contribution in [3.63, 3.8) is 0 Å². The van der Waals surface area contributed by atoms with Gasteiger partial charge in [0.15, 0.2) is 5.82 Å². The number of benzene rings is 1. The molecule has 0 fully saturated rings. The average molecular weight is 307 g/mol. The van der Waals surface area contributed by atoms with E-state index < -0.39 is 0 Å². The number of para-hydroxylation sites is 1. The number of hydrogen-bond donors (Lipinski definition) is 0. The van der Waals surface area contributed by atoms with E-state index in [2.05, 4.69) is 9.97 Å². The number of nitrogens with zero attached hydrogens (tertiary/aromatic N) is 4. The quantitative estimate of drug-likeness (QED) is 0.679. The Labute approximate surface area is 127 Å². The van der Waals surface area contributed by atoms with Gasteiger partial charge in [0.25, 0.3) is 0 Å². The van der Waals surface area contributed by atoms with E-state index in [0.717, 1.165) is 23.6 Å². The third kappa shape index (κ3) is 2.65. The SMILES string of the molecule is Cn1ccnc1CCn1c(CCCl)nc2c(F)cccc21. The molecule has 21 heavy (non-hydrogen) atoms. The summed E-state index contributed by atoms with van der Waals surface area (Å²) < 4.78 is 17.9. The molecule has 0 aliphatic carbocycles. The Hall–Kier alpha value is -1.88. The lowest BCUT2D eigenvalue weighted by atomic mass is 10.3. The van der Waals surface area contributed by atoms with Crippen LogP contribution in [-0.2, 0) is 26.4 Å². The van der Waals surface area contributed by atoms with Crippen molar-refractivity contribution in [1.82, 2.24) is 19.1 Å². The molecular weight excluding hydrogens is 291 g/mol. The van der Waals surface area contributed by atoms with Crippen LogP contribution >= 0.6 is 11.6 Å². The molecule has 0 saturated carbocycles. The molecule has 0 N–H and O–H groups in total. The normalized spacial score (nSPS) is 11.4. The third-order valence-electron chi connectivity index (χ3n) is 3.61. The molecule has 0 saturated heterocycles. The Bertz CT molecular complexity index is 762. The van der Waals surface area contributed by atoms with E-state index in [9.17, 15) is 4.39 Å². The minimum absolute atomic E-state index is 0.293. The van der Waals surface area contributed by atoms with Gasteiger partial charge in [-0.2, -0.15) is 0 Å². The molecule has 3 aromatic rings. The van der Waals surface area contributed by atoms with Crippen molar-refractivity contribution in [2.45, 2.75) is 19.4 Å². The molecule has 3 rings (SSSR count). The first-order valence-electron chi connectivity index (χ1n) is 6.86. The lowest BCUT2D eigenvalue weighted by Gasteiger charge is -2.08. The summed E-state index contributed by atoms with van der Waals surface area (Å²) in [7, 11) is 1.97. The van der Waals surface area contributed by atoms with Gasteiger partial charge in [-0.25, -0.2) is 14.4 Å². The smallest absolute Gasteiger partial charge is 0.151 e. The van der Waals surface area contributed by atoms with Gasteiger partial charge in [-0.1, -0.05) is 6.07 Å². The van der Waals surface area contributed by atoms with Crippen LogP contribution in [0.4, 0.5) is 4.39 Å². The molecule has 2 aromatic heterocycles. The average Bonchev–Trinajstić information content (AvgIpc) is 3.02. The summed E-state index contributed by atoms with van der Waals surface area (Å²) in [6.45, 7) is 0.705. The van der Waals surface area contributed by atoms with Gasteiger partial charge in [0.2, 0.25) is 0 Å². The second-order valence-corrected chi connectivity index (χ2v) is 5.31. The van der Waals surface area contributed by atoms with Gasteiger partial charge >= 0.3 is 0 Å². The van der Waals surface area contributed by atoms with Gasteiger partial charge in [-0.05, 0) is 12.1 Å². The van der Waals surface area contributed by atoms with Crippen molar-refractivity contribution < 1.29 is 4.39 Å². The molecule has 0 atom stereocenters. The van der Waals surface area contributed by atoms with Crippen LogP contribution in [0, 0.1) is 5.82 Å². The van der Waals surface area contributed by atoms with E-state index >= 15 is 0 Å². The molecule has 0 unspecified atom stereocenters. The molecule has 0 spiro atoms. The first kappa shape index (κ1) is 14.1. The minimum atomic E-state index is -0.293. The molecule has 0 amide bonds. The fourth-order valence-electron chi connectivity index (χ4n) is 2.53. The zero-order valence-electron chi connectivity index (χ0n) is 11.8. The fraction of sp³-hybridized carbons (Fsp3) is 0.333. The highest BCUT2D eigenvalue weighted by atomic mass is 35.5. The number of rotatable bonds is 5. The molecule has 2 heterocycles. The predicted octanol–water partition coefficient (Wildman–Crippen LogP) is 2.93. The molecule has 0 bridgehead atoms. The summed E-state index contributed by atoms with van der Waals surface area (Å²) in [5.41, 5.74) is 1.22. The predicted molar refractivity (Wildman–Crippen MR) is 81.0 cm³/mol. The summed E-state index contributed by atoms with van der Waals surface area (Å²) in [6, 6.07) is 5.03. The third-order valence-corrected chi connectivity index (χ3v) is 3.80. The van der Waals surface area contributed by atoms with Gasteiger partial charge < -0.3 is 9.13 Å². The van der Waals surface area contributed by atoms with Crippen LogP contribution in [0.5, 0.6) is 0 Å². The summed E-state index contributed by atoms with van der Waals surface area (Å²) in [5, 5.41) is 0. The largest absolute Gasteiger partial charge is 0.338 e. The molecule has 0 radical (unpaired) electrons. The van der Waals surface area contributed by atoms with Crippen LogP contribution in [0.15, 0.2) is 30.6 Å². The summed E-state index contributed by atoms with van der Waals surface area (Å²) >= 11 is 5.84. The minimum Gasteiger partial charge on any atom is -0.338 e. The van der Waals surface area contributed by atoms with Gasteiger partial charge in [-0.3, -0.25) is 0 Å². The number of alkyl halides is 1. The first-order chi connectivity index (χ1) is 10.2. The van der Waals surface area contributed by atoms with E-state index in [1.807, 2.05) is 28.4 Å². The summed E-state index contributed by atoms with van der Waals surface area (Å²) in [6.07, 6.45) is 5.08. The molecular formula is C15H16ClFN4. The van der Waals surface area contributed by atoms with E-state index in [1.165, 1.54) is 6.07 Å². The van der Waals surface area contributed by atoms with Crippen molar-refractivity contribution >= 4 is 22.6 Å². The van der Waals surface area contributed by atoms with Gasteiger partial charge in [0, 0.05) is 44.7 Å². The highest BCUT2D eigenvalue weighted by molar-refractivity contribution is 6.17. The maximum atomic E-state index is 13.9. The number of aromatic nitrogens is 4. The standard InChI is InChI=1S/C15H16ClFN4/c1-20-10-8-18-13(20)6-9-21-12-4-2-3-11(17)15(12)19-14(21)5-7-16/h2-4,8,10H,5-7,9H2,1H3. The zero-order chi connectivity index (χ0) is 14.8. The van der Waals surface area contributed by atoms with Crippen molar-refractivity contribution in [2.75, 3.05) is 5.88 Å². The van der Waals surface area contributed by atoms with E-state index in [4.69, 9.17) is 11.6 Å². The van der Waals surface area contributed by atoms with Gasteiger partial charge in [0.05, 0.1) is 5.52 Å². The van der Waals surface area contributed by atoms with Crippen LogP contribution in [0.3, 0.4) is 0 Å². The van der Waals surface area contributed by atoms with Crippen LogP contribution in [-0.4, -0.2) is 25.0 Å².